The minimum atomic E-state index is -0.853. The molecule has 1 aromatic carbocycles. The second-order valence-corrected chi connectivity index (χ2v) is 4.68. The SMILES string of the molecule is O=C(O)c1cc2c(n1-c1ccccc1)CCCC2. The zero-order valence-corrected chi connectivity index (χ0v) is 10.1. The first-order chi connectivity index (χ1) is 8.77. The number of carboxylic acid groups (broad SMARTS) is 1. The summed E-state index contributed by atoms with van der Waals surface area (Å²) < 4.78 is 1.90. The molecule has 3 nitrogen and oxygen atoms in total. The summed E-state index contributed by atoms with van der Waals surface area (Å²) in [7, 11) is 0. The fourth-order valence-corrected chi connectivity index (χ4v) is 2.73. The van der Waals surface area contributed by atoms with Crippen molar-refractivity contribution in [3.63, 3.8) is 0 Å². The second-order valence-electron chi connectivity index (χ2n) is 4.68. The average molecular weight is 241 g/mol. The van der Waals surface area contributed by atoms with Crippen molar-refractivity contribution in [1.82, 2.24) is 4.57 Å². The Morgan fingerprint density at radius 1 is 1.11 bits per heavy atom. The molecule has 0 amide bonds. The molecule has 0 saturated heterocycles. The minimum absolute atomic E-state index is 0.383. The largest absolute Gasteiger partial charge is 0.477 e. The first-order valence-corrected chi connectivity index (χ1v) is 6.29. The predicted molar refractivity (Wildman–Crippen MR) is 69.4 cm³/mol. The van der Waals surface area contributed by atoms with Crippen LogP contribution in [0.3, 0.4) is 0 Å². The third kappa shape index (κ3) is 1.72. The van der Waals surface area contributed by atoms with E-state index in [4.69, 9.17) is 0 Å². The molecule has 0 fully saturated rings. The molecule has 1 aliphatic carbocycles. The summed E-state index contributed by atoms with van der Waals surface area (Å²) in [5.41, 5.74) is 3.69. The Labute approximate surface area is 106 Å². The Balaban J connectivity index is 2.23. The lowest BCUT2D eigenvalue weighted by molar-refractivity contribution is 0.0688. The smallest absolute Gasteiger partial charge is 0.352 e. The number of hydrogen-bond donors (Lipinski definition) is 1. The maximum atomic E-state index is 11.4. The summed E-state index contributed by atoms with van der Waals surface area (Å²) in [6.45, 7) is 0. The van der Waals surface area contributed by atoms with Gasteiger partial charge < -0.3 is 9.67 Å². The number of nitrogens with zero attached hydrogens (tertiary/aromatic N) is 1. The van der Waals surface area contributed by atoms with Gasteiger partial charge in [-0.25, -0.2) is 4.79 Å². The van der Waals surface area contributed by atoms with E-state index in [1.807, 2.05) is 41.0 Å². The number of aromatic nitrogens is 1. The molecule has 0 unspecified atom stereocenters. The molecule has 92 valence electrons. The summed E-state index contributed by atoms with van der Waals surface area (Å²) >= 11 is 0. The van der Waals surface area contributed by atoms with Crippen molar-refractivity contribution < 1.29 is 9.90 Å². The van der Waals surface area contributed by atoms with E-state index >= 15 is 0 Å². The van der Waals surface area contributed by atoms with Crippen molar-refractivity contribution >= 4 is 5.97 Å². The molecule has 0 saturated carbocycles. The van der Waals surface area contributed by atoms with Crippen molar-refractivity contribution in [3.05, 3.63) is 53.3 Å². The van der Waals surface area contributed by atoms with Gasteiger partial charge in [0.25, 0.3) is 0 Å². The standard InChI is InChI=1S/C15H15NO2/c17-15(18)14-10-11-6-4-5-9-13(11)16(14)12-7-2-1-3-8-12/h1-3,7-8,10H,4-6,9H2,(H,17,18). The van der Waals surface area contributed by atoms with Gasteiger partial charge in [0.1, 0.15) is 5.69 Å². The van der Waals surface area contributed by atoms with Gasteiger partial charge in [-0.2, -0.15) is 0 Å². The monoisotopic (exact) mass is 241 g/mol. The number of rotatable bonds is 2. The van der Waals surface area contributed by atoms with E-state index in [0.717, 1.165) is 31.4 Å². The molecule has 1 aromatic heterocycles. The first kappa shape index (κ1) is 11.1. The highest BCUT2D eigenvalue weighted by Crippen LogP contribution is 2.28. The molecular weight excluding hydrogens is 226 g/mol. The fourth-order valence-electron chi connectivity index (χ4n) is 2.73. The van der Waals surface area contributed by atoms with Crippen LogP contribution >= 0.6 is 0 Å². The molecule has 0 radical (unpaired) electrons. The van der Waals surface area contributed by atoms with Gasteiger partial charge in [-0.1, -0.05) is 18.2 Å². The van der Waals surface area contributed by atoms with Crippen LogP contribution in [0.15, 0.2) is 36.4 Å². The quantitative estimate of drug-likeness (QED) is 0.878. The Kier molecular flexibility index (Phi) is 2.67. The number of aromatic carboxylic acids is 1. The third-order valence-corrected chi connectivity index (χ3v) is 3.54. The zero-order chi connectivity index (χ0) is 12.5. The van der Waals surface area contributed by atoms with Crippen LogP contribution in [0, 0.1) is 0 Å². The number of carboxylic acids is 1. The summed E-state index contributed by atoms with van der Waals surface area (Å²) in [6, 6.07) is 11.6. The van der Waals surface area contributed by atoms with Gasteiger partial charge in [-0.05, 0) is 49.4 Å². The summed E-state index contributed by atoms with van der Waals surface area (Å²) in [5.74, 6) is -0.853. The van der Waals surface area contributed by atoms with Crippen LogP contribution in [0.2, 0.25) is 0 Å². The van der Waals surface area contributed by atoms with Crippen molar-refractivity contribution in [2.24, 2.45) is 0 Å². The Bertz CT molecular complexity index is 584. The van der Waals surface area contributed by atoms with E-state index < -0.39 is 5.97 Å². The minimum Gasteiger partial charge on any atom is -0.477 e. The molecule has 0 spiro atoms. The van der Waals surface area contributed by atoms with Crippen molar-refractivity contribution in [2.75, 3.05) is 0 Å². The van der Waals surface area contributed by atoms with Gasteiger partial charge in [0, 0.05) is 11.4 Å². The number of fused-ring (bicyclic) bond motifs is 1. The van der Waals surface area contributed by atoms with Gasteiger partial charge in [0.05, 0.1) is 0 Å². The van der Waals surface area contributed by atoms with Crippen molar-refractivity contribution in [3.8, 4) is 5.69 Å². The van der Waals surface area contributed by atoms with Gasteiger partial charge in [-0.15, -0.1) is 0 Å². The molecule has 0 aliphatic heterocycles. The summed E-state index contributed by atoms with van der Waals surface area (Å²) in [5, 5.41) is 9.36. The predicted octanol–water partition coefficient (Wildman–Crippen LogP) is 3.05. The molecule has 0 atom stereocenters. The van der Waals surface area contributed by atoms with Crippen LogP contribution in [-0.4, -0.2) is 15.6 Å². The summed E-state index contributed by atoms with van der Waals surface area (Å²) in [4.78, 5) is 11.4. The summed E-state index contributed by atoms with van der Waals surface area (Å²) in [6.07, 6.45) is 4.26. The number of hydrogen-bond acceptors (Lipinski definition) is 1. The highest BCUT2D eigenvalue weighted by molar-refractivity contribution is 5.87. The van der Waals surface area contributed by atoms with Crippen LogP contribution in [0.4, 0.5) is 0 Å². The lowest BCUT2D eigenvalue weighted by Crippen LogP contribution is -2.11. The fraction of sp³-hybridized carbons (Fsp3) is 0.267. The van der Waals surface area contributed by atoms with Crippen LogP contribution in [0.25, 0.3) is 5.69 Å². The average Bonchev–Trinajstić information content (AvgIpc) is 2.79. The lowest BCUT2D eigenvalue weighted by Gasteiger charge is -2.16. The number of aryl methyl sites for hydroxylation is 1. The number of para-hydroxylation sites is 1. The van der Waals surface area contributed by atoms with Gasteiger partial charge >= 0.3 is 5.97 Å². The van der Waals surface area contributed by atoms with Crippen molar-refractivity contribution in [1.29, 1.82) is 0 Å². The van der Waals surface area contributed by atoms with E-state index in [0.29, 0.717) is 5.69 Å². The normalized spacial score (nSPS) is 14.2. The molecule has 3 heteroatoms. The molecule has 1 N–H and O–H groups in total. The van der Waals surface area contributed by atoms with Crippen LogP contribution in [-0.2, 0) is 12.8 Å². The third-order valence-electron chi connectivity index (χ3n) is 3.54. The first-order valence-electron chi connectivity index (χ1n) is 6.29. The maximum Gasteiger partial charge on any atom is 0.352 e. The number of carbonyl (C=O) groups is 1. The highest BCUT2D eigenvalue weighted by Gasteiger charge is 2.22. The number of benzene rings is 1. The lowest BCUT2D eigenvalue weighted by atomic mass is 9.98. The van der Waals surface area contributed by atoms with E-state index in [1.165, 1.54) is 11.3 Å². The highest BCUT2D eigenvalue weighted by atomic mass is 16.4. The van der Waals surface area contributed by atoms with E-state index in [9.17, 15) is 9.90 Å². The van der Waals surface area contributed by atoms with Crippen molar-refractivity contribution in [2.45, 2.75) is 25.7 Å². The molecule has 2 aromatic rings. The van der Waals surface area contributed by atoms with Gasteiger partial charge in [0.15, 0.2) is 0 Å². The topological polar surface area (TPSA) is 42.2 Å². The van der Waals surface area contributed by atoms with E-state index in [1.54, 1.807) is 0 Å². The molecular formula is C15H15NO2. The Hall–Kier alpha value is -2.03. The van der Waals surface area contributed by atoms with E-state index in [2.05, 4.69) is 0 Å². The van der Waals surface area contributed by atoms with Gasteiger partial charge in [0.2, 0.25) is 0 Å². The Morgan fingerprint density at radius 2 is 1.83 bits per heavy atom. The zero-order valence-electron chi connectivity index (χ0n) is 10.1. The molecule has 3 rings (SSSR count). The van der Waals surface area contributed by atoms with Crippen LogP contribution in [0.1, 0.15) is 34.6 Å². The van der Waals surface area contributed by atoms with E-state index in [-0.39, 0.29) is 0 Å². The van der Waals surface area contributed by atoms with Gasteiger partial charge in [-0.3, -0.25) is 0 Å². The maximum absolute atomic E-state index is 11.4. The molecule has 0 bridgehead atoms. The second kappa shape index (κ2) is 4.33. The van der Waals surface area contributed by atoms with Crippen LogP contribution < -0.4 is 0 Å². The van der Waals surface area contributed by atoms with Crippen LogP contribution in [0.5, 0.6) is 0 Å². The molecule has 1 aliphatic rings. The molecule has 18 heavy (non-hydrogen) atoms. The Morgan fingerprint density at radius 3 is 2.56 bits per heavy atom. The molecule has 1 heterocycles.